The van der Waals surface area contributed by atoms with Crippen LogP contribution in [0.5, 0.6) is 5.75 Å². The average Bonchev–Trinajstić information content (AvgIpc) is 3.03. The van der Waals surface area contributed by atoms with Gasteiger partial charge in [0.2, 0.25) is 0 Å². The zero-order valence-electron chi connectivity index (χ0n) is 16.9. The van der Waals surface area contributed by atoms with Crippen molar-refractivity contribution in [3.63, 3.8) is 0 Å². The molecule has 0 N–H and O–H groups in total. The lowest BCUT2D eigenvalue weighted by Crippen LogP contribution is -2.32. The minimum absolute atomic E-state index is 0.0176. The van der Waals surface area contributed by atoms with Gasteiger partial charge in [0.25, 0.3) is 0 Å². The Hall–Kier alpha value is -2.93. The molecule has 0 fully saturated rings. The van der Waals surface area contributed by atoms with Crippen LogP contribution in [0, 0.1) is 10.1 Å². The topological polar surface area (TPSA) is 95.7 Å². The smallest absolute Gasteiger partial charge is 0.338 e. The molecule has 0 aliphatic heterocycles. The molecule has 1 atom stereocenters. The van der Waals surface area contributed by atoms with Crippen LogP contribution in [0.4, 0.5) is 5.69 Å². The highest BCUT2D eigenvalue weighted by atomic mass is 35.5. The van der Waals surface area contributed by atoms with Gasteiger partial charge in [-0.3, -0.25) is 10.1 Å². The third kappa shape index (κ3) is 4.46. The van der Waals surface area contributed by atoms with Crippen LogP contribution in [-0.4, -0.2) is 29.4 Å². The molecule has 0 bridgehead atoms. The van der Waals surface area contributed by atoms with E-state index in [0.717, 1.165) is 23.5 Å². The summed E-state index contributed by atoms with van der Waals surface area (Å²) in [5, 5.41) is 12.1. The van der Waals surface area contributed by atoms with Crippen molar-refractivity contribution in [1.29, 1.82) is 0 Å². The largest absolute Gasteiger partial charge is 0.485 e. The quantitative estimate of drug-likeness (QED) is 0.285. The molecule has 2 aromatic rings. The van der Waals surface area contributed by atoms with Crippen LogP contribution in [0.2, 0.25) is 5.02 Å². The fourth-order valence-corrected chi connectivity index (χ4v) is 3.70. The fourth-order valence-electron chi connectivity index (χ4n) is 3.51. The first kappa shape index (κ1) is 21.8. The lowest BCUT2D eigenvalue weighted by atomic mass is 9.84. The number of carbonyl (C=O) groups excluding carboxylic acids is 2. The van der Waals surface area contributed by atoms with Crippen molar-refractivity contribution in [2.75, 3.05) is 6.61 Å². The Kier molecular flexibility index (Phi) is 5.85. The Morgan fingerprint density at radius 2 is 2.00 bits per heavy atom. The lowest BCUT2D eigenvalue weighted by Gasteiger charge is -2.24. The van der Waals surface area contributed by atoms with Crippen molar-refractivity contribution in [1.82, 2.24) is 0 Å². The van der Waals surface area contributed by atoms with E-state index in [9.17, 15) is 19.7 Å². The lowest BCUT2D eigenvalue weighted by molar-refractivity contribution is -0.385. The molecule has 0 unspecified atom stereocenters. The van der Waals surface area contributed by atoms with E-state index in [1.54, 1.807) is 32.9 Å². The summed E-state index contributed by atoms with van der Waals surface area (Å²) in [7, 11) is 0. The zero-order chi connectivity index (χ0) is 22.1. The third-order valence-electron chi connectivity index (χ3n) is 4.95. The predicted molar refractivity (Wildman–Crippen MR) is 111 cm³/mol. The van der Waals surface area contributed by atoms with Gasteiger partial charge in [-0.05, 0) is 69.0 Å². The van der Waals surface area contributed by atoms with Gasteiger partial charge in [0.05, 0.1) is 15.9 Å². The van der Waals surface area contributed by atoms with Gasteiger partial charge in [-0.2, -0.15) is 0 Å². The van der Waals surface area contributed by atoms with Crippen LogP contribution in [0.15, 0.2) is 36.4 Å². The van der Waals surface area contributed by atoms with E-state index in [-0.39, 0.29) is 23.6 Å². The highest BCUT2D eigenvalue weighted by Crippen LogP contribution is 2.40. The number of nitro groups is 1. The Balaban J connectivity index is 1.86. The first-order chi connectivity index (χ1) is 14.0. The summed E-state index contributed by atoms with van der Waals surface area (Å²) in [5.41, 5.74) is -0.167. The predicted octanol–water partition coefficient (Wildman–Crippen LogP) is 4.67. The first-order valence-electron chi connectivity index (χ1n) is 9.44. The molecule has 0 radical (unpaired) electrons. The molecular weight excluding hydrogens is 410 g/mol. The van der Waals surface area contributed by atoms with Crippen LogP contribution in [0.3, 0.4) is 0 Å². The van der Waals surface area contributed by atoms with Gasteiger partial charge in [0.1, 0.15) is 18.5 Å². The first-order valence-corrected chi connectivity index (χ1v) is 9.82. The number of benzene rings is 2. The maximum Gasteiger partial charge on any atom is 0.338 e. The minimum atomic E-state index is -0.905. The molecular formula is C22H22ClNO6. The van der Waals surface area contributed by atoms with Crippen molar-refractivity contribution < 1.29 is 24.0 Å². The molecule has 7 nitrogen and oxygen atoms in total. The molecule has 30 heavy (non-hydrogen) atoms. The summed E-state index contributed by atoms with van der Waals surface area (Å²) in [6.45, 7) is 5.07. The Morgan fingerprint density at radius 3 is 2.63 bits per heavy atom. The van der Waals surface area contributed by atoms with E-state index in [0.29, 0.717) is 17.9 Å². The summed E-state index contributed by atoms with van der Waals surface area (Å²) in [6.07, 6.45) is 2.02. The summed E-state index contributed by atoms with van der Waals surface area (Å²) in [6, 6.07) is 9.21. The van der Waals surface area contributed by atoms with E-state index in [1.807, 2.05) is 6.07 Å². The van der Waals surface area contributed by atoms with Crippen LogP contribution >= 0.6 is 11.6 Å². The molecule has 0 saturated carbocycles. The van der Waals surface area contributed by atoms with E-state index in [4.69, 9.17) is 21.1 Å². The van der Waals surface area contributed by atoms with Gasteiger partial charge in [-0.25, -0.2) is 4.79 Å². The number of aryl methyl sites for hydroxylation is 1. The zero-order valence-corrected chi connectivity index (χ0v) is 17.7. The highest BCUT2D eigenvalue weighted by Gasteiger charge is 2.40. The molecule has 1 aliphatic rings. The number of halogens is 1. The number of ether oxygens (including phenoxy) is 2. The van der Waals surface area contributed by atoms with Crippen molar-refractivity contribution in [3.8, 4) is 5.75 Å². The summed E-state index contributed by atoms with van der Waals surface area (Å²) in [5.74, 6) is -0.681. The molecule has 8 heteroatoms. The van der Waals surface area contributed by atoms with Crippen molar-refractivity contribution in [2.24, 2.45) is 0 Å². The second-order valence-corrected chi connectivity index (χ2v) is 8.74. The normalized spacial score (nSPS) is 17.9. The Labute approximate surface area is 179 Å². The van der Waals surface area contributed by atoms with Gasteiger partial charge in [-0.15, -0.1) is 0 Å². The highest BCUT2D eigenvalue weighted by molar-refractivity contribution is 6.30. The minimum Gasteiger partial charge on any atom is -0.485 e. The molecule has 0 saturated heterocycles. The number of carbonyl (C=O) groups is 2. The van der Waals surface area contributed by atoms with Crippen molar-refractivity contribution in [2.45, 2.75) is 44.6 Å². The molecule has 3 rings (SSSR count). The van der Waals surface area contributed by atoms with Crippen LogP contribution in [-0.2, 0) is 21.4 Å². The van der Waals surface area contributed by atoms with Gasteiger partial charge in [-0.1, -0.05) is 17.7 Å². The van der Waals surface area contributed by atoms with Gasteiger partial charge >= 0.3 is 11.7 Å². The maximum absolute atomic E-state index is 12.2. The van der Waals surface area contributed by atoms with E-state index >= 15 is 0 Å². The molecule has 1 aliphatic carbocycles. The SMILES string of the molecule is CC(C)(C)OC(=O)c1ccc(OC[C@@]2(C=O)CCc3cc(Cl)ccc32)c([N+](=O)[O-])c1. The Bertz CT molecular complexity index is 1010. The summed E-state index contributed by atoms with van der Waals surface area (Å²) >= 11 is 6.04. The maximum atomic E-state index is 12.2. The van der Waals surface area contributed by atoms with E-state index in [1.165, 1.54) is 12.1 Å². The summed E-state index contributed by atoms with van der Waals surface area (Å²) in [4.78, 5) is 35.1. The van der Waals surface area contributed by atoms with Gasteiger partial charge in [0.15, 0.2) is 5.75 Å². The number of nitrogens with zero attached hydrogens (tertiary/aromatic N) is 1. The number of nitro benzene ring substituents is 1. The second-order valence-electron chi connectivity index (χ2n) is 8.31. The molecule has 0 spiro atoms. The number of esters is 1. The molecule has 0 aromatic heterocycles. The monoisotopic (exact) mass is 431 g/mol. The number of rotatable bonds is 6. The standard InChI is InChI=1S/C22H22ClNO6/c1-21(2,3)30-20(26)15-4-7-19(18(11-15)24(27)28)29-13-22(12-25)9-8-14-10-16(23)5-6-17(14)22/h4-7,10-12H,8-9,13H2,1-3H3/t22-/m0/s1. The van der Waals surface area contributed by atoms with Crippen molar-refractivity contribution in [3.05, 3.63) is 68.2 Å². The van der Waals surface area contributed by atoms with Gasteiger partial charge < -0.3 is 14.3 Å². The number of fused-ring (bicyclic) bond motifs is 1. The van der Waals surface area contributed by atoms with Crippen molar-refractivity contribution >= 4 is 29.5 Å². The Morgan fingerprint density at radius 1 is 1.27 bits per heavy atom. The number of aldehydes is 1. The molecule has 0 heterocycles. The van der Waals surface area contributed by atoms with Crippen LogP contribution in [0.1, 0.15) is 48.7 Å². The fraction of sp³-hybridized carbons (Fsp3) is 0.364. The third-order valence-corrected chi connectivity index (χ3v) is 5.18. The van der Waals surface area contributed by atoms with Crippen LogP contribution < -0.4 is 4.74 Å². The molecule has 2 aromatic carbocycles. The van der Waals surface area contributed by atoms with E-state index in [2.05, 4.69) is 0 Å². The average molecular weight is 432 g/mol. The van der Waals surface area contributed by atoms with Crippen LogP contribution in [0.25, 0.3) is 0 Å². The number of hydrogen-bond donors (Lipinski definition) is 0. The molecule has 0 amide bonds. The molecule has 158 valence electrons. The van der Waals surface area contributed by atoms with Gasteiger partial charge in [0, 0.05) is 11.1 Å². The van der Waals surface area contributed by atoms with E-state index < -0.39 is 21.9 Å². The second kappa shape index (κ2) is 8.07. The summed E-state index contributed by atoms with van der Waals surface area (Å²) < 4.78 is 11.0. The number of hydrogen-bond acceptors (Lipinski definition) is 6.